The highest BCUT2D eigenvalue weighted by Gasteiger charge is 2.78. The van der Waals surface area contributed by atoms with Crippen LogP contribution in [-0.2, 0) is 14.3 Å². The molecule has 3 aliphatic carbocycles. The van der Waals surface area contributed by atoms with E-state index in [-0.39, 0.29) is 17.3 Å². The van der Waals surface area contributed by atoms with Gasteiger partial charge in [0.2, 0.25) is 0 Å². The van der Waals surface area contributed by atoms with E-state index >= 15 is 0 Å². The van der Waals surface area contributed by atoms with Crippen LogP contribution < -0.4 is 0 Å². The van der Waals surface area contributed by atoms with E-state index in [1.54, 1.807) is 0 Å². The maximum Gasteiger partial charge on any atom is 0.303 e. The number of ether oxygens (including phenoxy) is 1. The quantitative estimate of drug-likeness (QED) is 0.720. The molecule has 0 bridgehead atoms. The van der Waals surface area contributed by atoms with Crippen LogP contribution in [0.2, 0.25) is 0 Å². The van der Waals surface area contributed by atoms with Crippen molar-refractivity contribution in [2.45, 2.75) is 59.0 Å². The third-order valence-electron chi connectivity index (χ3n) is 6.10. The van der Waals surface area contributed by atoms with Crippen LogP contribution in [0.4, 0.5) is 0 Å². The van der Waals surface area contributed by atoms with Gasteiger partial charge in [0.05, 0.1) is 5.92 Å². The molecular formula is C16H24O3. The minimum absolute atomic E-state index is 0.0300. The Labute approximate surface area is 115 Å². The fourth-order valence-electron chi connectivity index (χ4n) is 5.74. The molecule has 0 unspecified atom stereocenters. The predicted octanol–water partition coefficient (Wildman–Crippen LogP) is 2.97. The van der Waals surface area contributed by atoms with Crippen molar-refractivity contribution in [1.82, 2.24) is 0 Å². The Morgan fingerprint density at radius 2 is 2.05 bits per heavy atom. The van der Waals surface area contributed by atoms with Gasteiger partial charge in [-0.1, -0.05) is 20.8 Å². The summed E-state index contributed by atoms with van der Waals surface area (Å²) in [6.45, 7) is 8.23. The van der Waals surface area contributed by atoms with Crippen molar-refractivity contribution in [2.24, 2.45) is 29.1 Å². The van der Waals surface area contributed by atoms with Crippen LogP contribution in [-0.4, -0.2) is 17.4 Å². The van der Waals surface area contributed by atoms with Gasteiger partial charge in [0.15, 0.2) is 0 Å². The molecule has 0 amide bonds. The summed E-state index contributed by atoms with van der Waals surface area (Å²) in [6.07, 6.45) is 3.62. The summed E-state index contributed by atoms with van der Waals surface area (Å²) in [4.78, 5) is 23.8. The van der Waals surface area contributed by atoms with E-state index in [1.165, 1.54) is 13.3 Å². The summed E-state index contributed by atoms with van der Waals surface area (Å²) in [6, 6.07) is 0. The van der Waals surface area contributed by atoms with Gasteiger partial charge in [0, 0.05) is 19.3 Å². The Kier molecular flexibility index (Phi) is 2.65. The SMILES string of the molecule is CC(=O)O[C@]12CCC(=O)[C@H]1[C@]1(C)CC[C@@H](C(C)C)[C@@H]12. The van der Waals surface area contributed by atoms with Crippen molar-refractivity contribution in [3.8, 4) is 0 Å². The number of esters is 1. The Balaban J connectivity index is 2.00. The second-order valence-corrected chi connectivity index (χ2v) is 7.38. The average molecular weight is 264 g/mol. The number of carbonyl (C=O) groups is 2. The van der Waals surface area contributed by atoms with Gasteiger partial charge < -0.3 is 4.74 Å². The molecule has 0 N–H and O–H groups in total. The lowest BCUT2D eigenvalue weighted by Crippen LogP contribution is -2.68. The number of carbonyl (C=O) groups excluding carboxylic acids is 2. The Hall–Kier alpha value is -0.860. The minimum atomic E-state index is -0.455. The smallest absolute Gasteiger partial charge is 0.303 e. The molecule has 3 rings (SSSR count). The van der Waals surface area contributed by atoms with Crippen LogP contribution in [0.15, 0.2) is 0 Å². The topological polar surface area (TPSA) is 43.4 Å². The third-order valence-corrected chi connectivity index (χ3v) is 6.10. The van der Waals surface area contributed by atoms with Gasteiger partial charge in [-0.05, 0) is 36.5 Å². The van der Waals surface area contributed by atoms with Crippen LogP contribution in [0.5, 0.6) is 0 Å². The Morgan fingerprint density at radius 3 is 2.63 bits per heavy atom. The van der Waals surface area contributed by atoms with Crippen LogP contribution >= 0.6 is 0 Å². The summed E-state index contributed by atoms with van der Waals surface area (Å²) in [7, 11) is 0. The van der Waals surface area contributed by atoms with E-state index in [9.17, 15) is 9.59 Å². The first-order valence-electron chi connectivity index (χ1n) is 7.55. The summed E-state index contributed by atoms with van der Waals surface area (Å²) >= 11 is 0. The van der Waals surface area contributed by atoms with Crippen molar-refractivity contribution in [3.05, 3.63) is 0 Å². The zero-order chi connectivity index (χ0) is 14.0. The Morgan fingerprint density at radius 1 is 1.37 bits per heavy atom. The third kappa shape index (κ3) is 1.45. The molecule has 3 aliphatic rings. The van der Waals surface area contributed by atoms with Crippen molar-refractivity contribution in [2.75, 3.05) is 0 Å². The first kappa shape index (κ1) is 13.1. The Bertz CT molecular complexity index is 441. The number of fused-ring (bicyclic) bond motifs is 4. The molecule has 106 valence electrons. The highest BCUT2D eigenvalue weighted by molar-refractivity contribution is 5.88. The lowest BCUT2D eigenvalue weighted by Gasteiger charge is -2.62. The monoisotopic (exact) mass is 264 g/mol. The van der Waals surface area contributed by atoms with Gasteiger partial charge in [-0.25, -0.2) is 0 Å². The molecule has 3 saturated carbocycles. The average Bonchev–Trinajstić information content (AvgIpc) is 2.73. The van der Waals surface area contributed by atoms with Gasteiger partial charge in [0.25, 0.3) is 0 Å². The number of rotatable bonds is 2. The number of ketones is 1. The van der Waals surface area contributed by atoms with Gasteiger partial charge in [-0.3, -0.25) is 9.59 Å². The van der Waals surface area contributed by atoms with E-state index in [2.05, 4.69) is 20.8 Å². The van der Waals surface area contributed by atoms with Crippen LogP contribution in [0.3, 0.4) is 0 Å². The lowest BCUT2D eigenvalue weighted by molar-refractivity contribution is -0.244. The molecular weight excluding hydrogens is 240 g/mol. The molecule has 0 saturated heterocycles. The second kappa shape index (κ2) is 3.83. The first-order valence-corrected chi connectivity index (χ1v) is 7.55. The standard InChI is InChI=1S/C16H24O3/c1-9(2)11-5-7-15(4)13(11)16(19-10(3)17)8-6-12(18)14(15)16/h9,11,13-14H,5-8H2,1-4H3/t11-,13-,14-,15+,16-/m0/s1. The molecule has 3 fully saturated rings. The van der Waals surface area contributed by atoms with Gasteiger partial charge in [-0.15, -0.1) is 0 Å². The summed E-state index contributed by atoms with van der Waals surface area (Å²) < 4.78 is 5.77. The molecule has 0 radical (unpaired) electrons. The summed E-state index contributed by atoms with van der Waals surface area (Å²) in [5, 5.41) is 0. The fraction of sp³-hybridized carbons (Fsp3) is 0.875. The normalized spacial score (nSPS) is 47.8. The van der Waals surface area contributed by atoms with Crippen molar-refractivity contribution < 1.29 is 14.3 Å². The van der Waals surface area contributed by atoms with E-state index < -0.39 is 5.60 Å². The number of Topliss-reactive ketones (excluding diaryl/α,β-unsaturated/α-hetero) is 1. The van der Waals surface area contributed by atoms with Crippen LogP contribution in [0.25, 0.3) is 0 Å². The maximum absolute atomic E-state index is 12.3. The van der Waals surface area contributed by atoms with Crippen molar-refractivity contribution >= 4 is 11.8 Å². The van der Waals surface area contributed by atoms with Crippen molar-refractivity contribution in [1.29, 1.82) is 0 Å². The number of hydrogen-bond acceptors (Lipinski definition) is 3. The minimum Gasteiger partial charge on any atom is -0.458 e. The van der Waals surface area contributed by atoms with Crippen LogP contribution in [0, 0.1) is 29.1 Å². The van der Waals surface area contributed by atoms with Crippen LogP contribution in [0.1, 0.15) is 53.4 Å². The maximum atomic E-state index is 12.3. The zero-order valence-electron chi connectivity index (χ0n) is 12.4. The largest absolute Gasteiger partial charge is 0.458 e. The first-order chi connectivity index (χ1) is 8.83. The molecule has 19 heavy (non-hydrogen) atoms. The summed E-state index contributed by atoms with van der Waals surface area (Å²) in [5.74, 6) is 1.64. The van der Waals surface area contributed by atoms with E-state index in [0.29, 0.717) is 30.0 Å². The van der Waals surface area contributed by atoms with Gasteiger partial charge in [-0.2, -0.15) is 0 Å². The molecule has 3 heteroatoms. The second-order valence-electron chi connectivity index (χ2n) is 7.38. The number of hydrogen-bond donors (Lipinski definition) is 0. The highest BCUT2D eigenvalue weighted by Crippen LogP contribution is 2.74. The molecule has 0 aromatic heterocycles. The molecule has 0 aliphatic heterocycles. The van der Waals surface area contributed by atoms with E-state index in [4.69, 9.17) is 4.74 Å². The molecule has 0 aromatic carbocycles. The zero-order valence-corrected chi connectivity index (χ0v) is 12.4. The predicted molar refractivity (Wildman–Crippen MR) is 71.4 cm³/mol. The van der Waals surface area contributed by atoms with Crippen molar-refractivity contribution in [3.63, 3.8) is 0 Å². The molecule has 3 nitrogen and oxygen atoms in total. The molecule has 0 heterocycles. The van der Waals surface area contributed by atoms with Gasteiger partial charge >= 0.3 is 5.97 Å². The molecule has 5 atom stereocenters. The van der Waals surface area contributed by atoms with E-state index in [0.717, 1.165) is 12.8 Å². The van der Waals surface area contributed by atoms with E-state index in [1.807, 2.05) is 0 Å². The highest BCUT2D eigenvalue weighted by atomic mass is 16.6. The molecule has 0 spiro atoms. The lowest BCUT2D eigenvalue weighted by atomic mass is 9.45. The van der Waals surface area contributed by atoms with Gasteiger partial charge in [0.1, 0.15) is 11.4 Å². The summed E-state index contributed by atoms with van der Waals surface area (Å²) in [5.41, 5.74) is -0.374. The molecule has 0 aromatic rings. The fourth-order valence-corrected chi connectivity index (χ4v) is 5.74.